The van der Waals surface area contributed by atoms with Crippen molar-refractivity contribution in [3.05, 3.63) is 0 Å². The molecule has 0 bridgehead atoms. The Morgan fingerprint density at radius 3 is 2.15 bits per heavy atom. The molecule has 0 heterocycles. The van der Waals surface area contributed by atoms with Crippen LogP contribution in [0.15, 0.2) is 4.99 Å². The van der Waals surface area contributed by atoms with Crippen molar-refractivity contribution in [3.8, 4) is 0 Å². The Balaban J connectivity index is 4.18. The molecule has 0 amide bonds. The summed E-state index contributed by atoms with van der Waals surface area (Å²) in [5, 5.41) is 0. The molecule has 0 saturated heterocycles. The lowest BCUT2D eigenvalue weighted by Gasteiger charge is -2.26. The standard InChI is InChI=1S/C10H23N3/c1-6-13(9(4)5)10(11)12-7-8(2)3/h8-9H,6-7H2,1-5H3,(H2,11,12). The highest BCUT2D eigenvalue weighted by molar-refractivity contribution is 5.78. The second-order valence-corrected chi connectivity index (χ2v) is 3.97. The Hall–Kier alpha value is -0.730. The van der Waals surface area contributed by atoms with E-state index in [1.807, 2.05) is 0 Å². The maximum absolute atomic E-state index is 5.85. The van der Waals surface area contributed by atoms with Gasteiger partial charge in [0, 0.05) is 19.1 Å². The lowest BCUT2D eigenvalue weighted by atomic mass is 10.2. The summed E-state index contributed by atoms with van der Waals surface area (Å²) in [6, 6.07) is 0.431. The van der Waals surface area contributed by atoms with E-state index < -0.39 is 0 Å². The Bertz CT molecular complexity index is 162. The summed E-state index contributed by atoms with van der Waals surface area (Å²) in [6.07, 6.45) is 0. The van der Waals surface area contributed by atoms with E-state index in [0.29, 0.717) is 17.9 Å². The minimum Gasteiger partial charge on any atom is -0.370 e. The van der Waals surface area contributed by atoms with Crippen molar-refractivity contribution in [1.29, 1.82) is 0 Å². The normalized spacial score (nSPS) is 12.7. The van der Waals surface area contributed by atoms with E-state index in [4.69, 9.17) is 5.73 Å². The SMILES string of the molecule is CCN(C(N)=NCC(C)C)C(C)C. The predicted molar refractivity (Wildman–Crippen MR) is 58.8 cm³/mol. The molecule has 3 heteroatoms. The monoisotopic (exact) mass is 185 g/mol. The summed E-state index contributed by atoms with van der Waals surface area (Å²) >= 11 is 0. The van der Waals surface area contributed by atoms with Gasteiger partial charge in [-0.15, -0.1) is 0 Å². The van der Waals surface area contributed by atoms with E-state index in [1.54, 1.807) is 0 Å². The maximum Gasteiger partial charge on any atom is 0.191 e. The van der Waals surface area contributed by atoms with Crippen LogP contribution in [0.1, 0.15) is 34.6 Å². The summed E-state index contributed by atoms with van der Waals surface area (Å²) in [4.78, 5) is 6.44. The first kappa shape index (κ1) is 12.3. The van der Waals surface area contributed by atoms with Gasteiger partial charge < -0.3 is 10.6 Å². The zero-order valence-corrected chi connectivity index (χ0v) is 9.54. The molecular weight excluding hydrogens is 162 g/mol. The average Bonchev–Trinajstić information content (AvgIpc) is 2.01. The van der Waals surface area contributed by atoms with Crippen molar-refractivity contribution < 1.29 is 0 Å². The summed E-state index contributed by atoms with van der Waals surface area (Å²) in [5.41, 5.74) is 5.85. The highest BCUT2D eigenvalue weighted by atomic mass is 15.3. The molecule has 0 saturated carbocycles. The number of guanidine groups is 1. The fourth-order valence-electron chi connectivity index (χ4n) is 1.16. The number of hydrogen-bond acceptors (Lipinski definition) is 1. The molecule has 0 unspecified atom stereocenters. The van der Waals surface area contributed by atoms with Crippen LogP contribution in [0.25, 0.3) is 0 Å². The van der Waals surface area contributed by atoms with E-state index in [1.165, 1.54) is 0 Å². The number of nitrogens with zero attached hydrogens (tertiary/aromatic N) is 2. The van der Waals surface area contributed by atoms with Crippen molar-refractivity contribution in [3.63, 3.8) is 0 Å². The van der Waals surface area contributed by atoms with Gasteiger partial charge >= 0.3 is 0 Å². The molecular formula is C10H23N3. The lowest BCUT2D eigenvalue weighted by Crippen LogP contribution is -2.42. The zero-order valence-electron chi connectivity index (χ0n) is 9.54. The van der Waals surface area contributed by atoms with Crippen LogP contribution in [-0.4, -0.2) is 30.0 Å². The van der Waals surface area contributed by atoms with Gasteiger partial charge in [-0.2, -0.15) is 0 Å². The first-order valence-electron chi connectivity index (χ1n) is 5.05. The van der Waals surface area contributed by atoms with Gasteiger partial charge in [0.2, 0.25) is 0 Å². The second-order valence-electron chi connectivity index (χ2n) is 3.97. The van der Waals surface area contributed by atoms with Crippen LogP contribution in [-0.2, 0) is 0 Å². The van der Waals surface area contributed by atoms with Gasteiger partial charge in [0.15, 0.2) is 5.96 Å². The van der Waals surface area contributed by atoms with E-state index in [2.05, 4.69) is 44.5 Å². The molecule has 78 valence electrons. The number of hydrogen-bond donors (Lipinski definition) is 1. The number of aliphatic imine (C=N–C) groups is 1. The molecule has 0 aliphatic heterocycles. The van der Waals surface area contributed by atoms with Crippen LogP contribution in [0.5, 0.6) is 0 Å². The quantitative estimate of drug-likeness (QED) is 0.535. The first-order valence-corrected chi connectivity index (χ1v) is 5.05. The Kier molecular flexibility index (Phi) is 5.51. The van der Waals surface area contributed by atoms with Gasteiger partial charge in [0.1, 0.15) is 0 Å². The molecule has 2 N–H and O–H groups in total. The highest BCUT2D eigenvalue weighted by Gasteiger charge is 2.08. The highest BCUT2D eigenvalue weighted by Crippen LogP contribution is 1.98. The van der Waals surface area contributed by atoms with E-state index in [0.717, 1.165) is 13.1 Å². The molecule has 0 aromatic rings. The van der Waals surface area contributed by atoms with Crippen LogP contribution < -0.4 is 5.73 Å². The number of nitrogens with two attached hydrogens (primary N) is 1. The van der Waals surface area contributed by atoms with E-state index in [-0.39, 0.29) is 0 Å². The average molecular weight is 185 g/mol. The van der Waals surface area contributed by atoms with E-state index >= 15 is 0 Å². The van der Waals surface area contributed by atoms with Gasteiger partial charge in [-0.05, 0) is 26.7 Å². The van der Waals surface area contributed by atoms with Gasteiger partial charge in [-0.1, -0.05) is 13.8 Å². The van der Waals surface area contributed by atoms with Gasteiger partial charge in [-0.25, -0.2) is 0 Å². The molecule has 0 aromatic heterocycles. The fraction of sp³-hybridized carbons (Fsp3) is 0.900. The topological polar surface area (TPSA) is 41.6 Å². The third-order valence-corrected chi connectivity index (χ3v) is 1.88. The molecule has 0 spiro atoms. The Morgan fingerprint density at radius 1 is 1.31 bits per heavy atom. The van der Waals surface area contributed by atoms with Crippen LogP contribution >= 0.6 is 0 Å². The minimum absolute atomic E-state index is 0.431. The molecule has 0 atom stereocenters. The van der Waals surface area contributed by atoms with E-state index in [9.17, 15) is 0 Å². The Morgan fingerprint density at radius 2 is 1.85 bits per heavy atom. The molecule has 0 radical (unpaired) electrons. The molecule has 0 rings (SSSR count). The van der Waals surface area contributed by atoms with Crippen molar-refractivity contribution in [2.75, 3.05) is 13.1 Å². The second kappa shape index (κ2) is 5.84. The summed E-state index contributed by atoms with van der Waals surface area (Å²) in [7, 11) is 0. The smallest absolute Gasteiger partial charge is 0.191 e. The van der Waals surface area contributed by atoms with Gasteiger partial charge in [0.05, 0.1) is 0 Å². The number of rotatable bonds is 4. The van der Waals surface area contributed by atoms with Crippen LogP contribution in [0.2, 0.25) is 0 Å². The molecule has 0 aliphatic rings. The fourth-order valence-corrected chi connectivity index (χ4v) is 1.16. The molecule has 0 aliphatic carbocycles. The molecule has 0 fully saturated rings. The van der Waals surface area contributed by atoms with Crippen LogP contribution in [0.4, 0.5) is 0 Å². The molecule has 0 aromatic carbocycles. The van der Waals surface area contributed by atoms with Crippen LogP contribution in [0, 0.1) is 5.92 Å². The van der Waals surface area contributed by atoms with Gasteiger partial charge in [-0.3, -0.25) is 4.99 Å². The zero-order chi connectivity index (χ0) is 10.4. The largest absolute Gasteiger partial charge is 0.370 e. The summed E-state index contributed by atoms with van der Waals surface area (Å²) in [5.74, 6) is 1.25. The minimum atomic E-state index is 0.431. The van der Waals surface area contributed by atoms with Crippen molar-refractivity contribution >= 4 is 5.96 Å². The third kappa shape index (κ3) is 4.76. The Labute approximate surface area is 82.0 Å². The predicted octanol–water partition coefficient (Wildman–Crippen LogP) is 1.69. The third-order valence-electron chi connectivity index (χ3n) is 1.88. The summed E-state index contributed by atoms with van der Waals surface area (Å²) in [6.45, 7) is 12.4. The maximum atomic E-state index is 5.85. The van der Waals surface area contributed by atoms with Crippen molar-refractivity contribution in [2.45, 2.75) is 40.7 Å². The van der Waals surface area contributed by atoms with Crippen LogP contribution in [0.3, 0.4) is 0 Å². The lowest BCUT2D eigenvalue weighted by molar-refractivity contribution is 0.361. The first-order chi connectivity index (χ1) is 5.99. The van der Waals surface area contributed by atoms with Gasteiger partial charge in [0.25, 0.3) is 0 Å². The van der Waals surface area contributed by atoms with Crippen molar-refractivity contribution in [1.82, 2.24) is 4.90 Å². The summed E-state index contributed by atoms with van der Waals surface area (Å²) < 4.78 is 0. The van der Waals surface area contributed by atoms with Crippen molar-refractivity contribution in [2.24, 2.45) is 16.6 Å². The molecule has 13 heavy (non-hydrogen) atoms. The molecule has 3 nitrogen and oxygen atoms in total.